The fraction of sp³-hybridized carbons (Fsp3) is 0.556. The molecule has 24 heavy (non-hydrogen) atoms. The van der Waals surface area contributed by atoms with Crippen LogP contribution in [-0.2, 0) is 11.2 Å². The van der Waals surface area contributed by atoms with Gasteiger partial charge in [-0.1, -0.05) is 36.8 Å². The molecule has 1 aromatic carbocycles. The van der Waals surface area contributed by atoms with Gasteiger partial charge in [-0.25, -0.2) is 4.68 Å². The molecule has 126 valence electrons. The van der Waals surface area contributed by atoms with E-state index in [1.807, 2.05) is 30.3 Å². The van der Waals surface area contributed by atoms with Gasteiger partial charge in [0.15, 0.2) is 0 Å². The number of carbonyl (C=O) groups is 1. The lowest BCUT2D eigenvalue weighted by Gasteiger charge is -2.23. The molecule has 4 rings (SSSR count). The number of nitrogens with one attached hydrogen (secondary N) is 1. The summed E-state index contributed by atoms with van der Waals surface area (Å²) in [6.45, 7) is 0.785. The zero-order valence-corrected chi connectivity index (χ0v) is 13.7. The highest BCUT2D eigenvalue weighted by atomic mass is 16.2. The van der Waals surface area contributed by atoms with Crippen molar-refractivity contribution in [3.05, 3.63) is 42.2 Å². The highest BCUT2D eigenvalue weighted by molar-refractivity contribution is 5.80. The third-order valence-corrected chi connectivity index (χ3v) is 5.68. The second-order valence-electron chi connectivity index (χ2n) is 7.18. The van der Waals surface area contributed by atoms with E-state index < -0.39 is 6.04 Å². The van der Waals surface area contributed by atoms with Gasteiger partial charge in [-0.3, -0.25) is 4.79 Å². The Morgan fingerprint density at radius 2 is 2.12 bits per heavy atom. The van der Waals surface area contributed by atoms with Gasteiger partial charge in [0.2, 0.25) is 5.91 Å². The maximum absolute atomic E-state index is 12.8. The van der Waals surface area contributed by atoms with E-state index in [9.17, 15) is 4.79 Å². The summed E-state index contributed by atoms with van der Waals surface area (Å²) < 4.78 is 1.56. The van der Waals surface area contributed by atoms with Crippen LogP contribution in [0.5, 0.6) is 0 Å². The largest absolute Gasteiger partial charge is 0.354 e. The van der Waals surface area contributed by atoms with Gasteiger partial charge in [0.1, 0.15) is 12.4 Å². The maximum atomic E-state index is 12.8. The number of benzene rings is 1. The molecule has 1 N–H and O–H groups in total. The number of hydrogen-bond donors (Lipinski definition) is 1. The highest BCUT2D eigenvalue weighted by Crippen LogP contribution is 2.47. The first-order valence-electron chi connectivity index (χ1n) is 8.83. The Morgan fingerprint density at radius 3 is 2.79 bits per heavy atom. The van der Waals surface area contributed by atoms with Crippen LogP contribution < -0.4 is 5.32 Å². The summed E-state index contributed by atoms with van der Waals surface area (Å²) in [5, 5.41) is 14.5. The van der Waals surface area contributed by atoms with E-state index in [4.69, 9.17) is 0 Å². The fourth-order valence-corrected chi connectivity index (χ4v) is 4.43. The zero-order chi connectivity index (χ0) is 16.4. The summed E-state index contributed by atoms with van der Waals surface area (Å²) in [6.07, 6.45) is 7.47. The smallest absolute Gasteiger partial charge is 0.245 e. The summed E-state index contributed by atoms with van der Waals surface area (Å²) in [6, 6.07) is 9.60. The zero-order valence-electron chi connectivity index (χ0n) is 13.7. The molecule has 1 heterocycles. The second-order valence-corrected chi connectivity index (χ2v) is 7.18. The minimum absolute atomic E-state index is 0.00827. The Morgan fingerprint density at radius 1 is 1.25 bits per heavy atom. The number of aromatic nitrogens is 4. The van der Waals surface area contributed by atoms with Crippen LogP contribution >= 0.6 is 0 Å². The summed E-state index contributed by atoms with van der Waals surface area (Å²) in [4.78, 5) is 12.8. The molecule has 6 heteroatoms. The van der Waals surface area contributed by atoms with Gasteiger partial charge >= 0.3 is 0 Å². The molecule has 2 fully saturated rings. The van der Waals surface area contributed by atoms with Gasteiger partial charge in [-0.05, 0) is 53.0 Å². The van der Waals surface area contributed by atoms with Crippen LogP contribution in [0.4, 0.5) is 0 Å². The number of tetrazole rings is 1. The molecule has 0 saturated heterocycles. The molecule has 0 spiro atoms. The minimum Gasteiger partial charge on any atom is -0.354 e. The van der Waals surface area contributed by atoms with Crippen molar-refractivity contribution in [2.45, 2.75) is 38.1 Å². The SMILES string of the molecule is O=C(NC[C@@H]1C[C@H]2CC[C@H]1C2)[C@@H](Cc1ccccc1)n1cnnn1. The molecule has 0 radical (unpaired) electrons. The molecule has 0 aliphatic heterocycles. The van der Waals surface area contributed by atoms with Gasteiger partial charge in [0.05, 0.1) is 0 Å². The third kappa shape index (κ3) is 3.18. The monoisotopic (exact) mass is 325 g/mol. The van der Waals surface area contributed by atoms with Crippen LogP contribution in [0.2, 0.25) is 0 Å². The summed E-state index contributed by atoms with van der Waals surface area (Å²) >= 11 is 0. The van der Waals surface area contributed by atoms with Crippen LogP contribution in [0.1, 0.15) is 37.3 Å². The number of rotatable bonds is 6. The lowest BCUT2D eigenvalue weighted by molar-refractivity contribution is -0.124. The maximum Gasteiger partial charge on any atom is 0.245 e. The minimum atomic E-state index is -0.402. The molecular weight excluding hydrogens is 302 g/mol. The van der Waals surface area contributed by atoms with Gasteiger partial charge in [-0.15, -0.1) is 5.10 Å². The third-order valence-electron chi connectivity index (χ3n) is 5.68. The molecular formula is C18H23N5O. The van der Waals surface area contributed by atoms with E-state index in [1.165, 1.54) is 32.0 Å². The van der Waals surface area contributed by atoms with Gasteiger partial charge in [0.25, 0.3) is 0 Å². The highest BCUT2D eigenvalue weighted by Gasteiger charge is 2.39. The number of carbonyl (C=O) groups excluding carboxylic acids is 1. The topological polar surface area (TPSA) is 72.7 Å². The van der Waals surface area contributed by atoms with Crippen LogP contribution in [-0.4, -0.2) is 32.7 Å². The van der Waals surface area contributed by atoms with E-state index in [0.29, 0.717) is 12.3 Å². The van der Waals surface area contributed by atoms with Crippen molar-refractivity contribution in [3.63, 3.8) is 0 Å². The van der Waals surface area contributed by atoms with Crippen molar-refractivity contribution in [2.24, 2.45) is 17.8 Å². The van der Waals surface area contributed by atoms with Gasteiger partial charge in [-0.2, -0.15) is 0 Å². The van der Waals surface area contributed by atoms with Crippen molar-refractivity contribution < 1.29 is 4.79 Å². The first kappa shape index (κ1) is 15.3. The standard InChI is InChI=1S/C18H23N5O/c24-18(19-11-16-9-14-6-7-15(16)8-14)17(23-12-20-21-22-23)10-13-4-2-1-3-5-13/h1-5,12,14-17H,6-11H2,(H,19,24)/t14-,15-,16-,17+/m0/s1. The molecule has 1 aromatic heterocycles. The van der Waals surface area contributed by atoms with Crippen LogP contribution in [0.3, 0.4) is 0 Å². The van der Waals surface area contributed by atoms with Crippen molar-refractivity contribution in [1.82, 2.24) is 25.5 Å². The Labute approximate surface area is 141 Å². The average molecular weight is 325 g/mol. The normalized spacial score (nSPS) is 26.4. The number of hydrogen-bond acceptors (Lipinski definition) is 4. The summed E-state index contributed by atoms with van der Waals surface area (Å²) in [5.41, 5.74) is 1.10. The average Bonchev–Trinajstić information content (AvgIpc) is 3.36. The van der Waals surface area contributed by atoms with Gasteiger partial charge in [0, 0.05) is 13.0 Å². The second kappa shape index (κ2) is 6.71. The van der Waals surface area contributed by atoms with Crippen LogP contribution in [0.25, 0.3) is 0 Å². The van der Waals surface area contributed by atoms with E-state index in [0.717, 1.165) is 23.9 Å². The van der Waals surface area contributed by atoms with Crippen molar-refractivity contribution in [3.8, 4) is 0 Å². The fourth-order valence-electron chi connectivity index (χ4n) is 4.43. The molecule has 4 atom stereocenters. The van der Waals surface area contributed by atoms with Crippen molar-refractivity contribution in [1.29, 1.82) is 0 Å². The Bertz CT molecular complexity index is 672. The van der Waals surface area contributed by atoms with Crippen molar-refractivity contribution in [2.75, 3.05) is 6.54 Å². The van der Waals surface area contributed by atoms with E-state index in [-0.39, 0.29) is 5.91 Å². The predicted molar refractivity (Wildman–Crippen MR) is 88.9 cm³/mol. The lowest BCUT2D eigenvalue weighted by atomic mass is 9.89. The molecule has 2 aromatic rings. The van der Waals surface area contributed by atoms with Gasteiger partial charge < -0.3 is 5.32 Å². The number of amides is 1. The molecule has 0 unspecified atom stereocenters. The Hall–Kier alpha value is -2.24. The predicted octanol–water partition coefficient (Wildman–Crippen LogP) is 2.01. The van der Waals surface area contributed by atoms with E-state index >= 15 is 0 Å². The first-order valence-corrected chi connectivity index (χ1v) is 8.83. The Kier molecular flexibility index (Phi) is 4.28. The van der Waals surface area contributed by atoms with Crippen molar-refractivity contribution >= 4 is 5.91 Å². The molecule has 2 aliphatic rings. The molecule has 2 bridgehead atoms. The molecule has 6 nitrogen and oxygen atoms in total. The molecule has 2 saturated carbocycles. The molecule has 2 aliphatic carbocycles. The first-order chi connectivity index (χ1) is 11.8. The van der Waals surface area contributed by atoms with Crippen LogP contribution in [0, 0.1) is 17.8 Å². The van der Waals surface area contributed by atoms with Crippen LogP contribution in [0.15, 0.2) is 36.7 Å². The van der Waals surface area contributed by atoms with E-state index in [2.05, 4.69) is 20.8 Å². The number of nitrogens with zero attached hydrogens (tertiary/aromatic N) is 4. The van der Waals surface area contributed by atoms with E-state index in [1.54, 1.807) is 4.68 Å². The quantitative estimate of drug-likeness (QED) is 0.882. The molecule has 1 amide bonds. The Balaban J connectivity index is 1.41. The summed E-state index contributed by atoms with van der Waals surface area (Å²) in [5.74, 6) is 2.38. The summed E-state index contributed by atoms with van der Waals surface area (Å²) in [7, 11) is 0. The lowest BCUT2D eigenvalue weighted by Crippen LogP contribution is -2.38. The number of fused-ring (bicyclic) bond motifs is 2.